The largest absolute Gasteiger partial charge is 0.364 e. The number of benzene rings is 1. The SMILES string of the molecule is O=S(=O)(Cc1ccon1)NCc1ccnc2ccccc12. The zero-order chi connectivity index (χ0) is 14.7. The third-order valence-electron chi connectivity index (χ3n) is 3.05. The first-order valence-electron chi connectivity index (χ1n) is 6.33. The maximum atomic E-state index is 12.0. The van der Waals surface area contributed by atoms with Crippen molar-refractivity contribution in [2.24, 2.45) is 0 Å². The molecule has 0 radical (unpaired) electrons. The van der Waals surface area contributed by atoms with Gasteiger partial charge in [-0.15, -0.1) is 0 Å². The Hall–Kier alpha value is -2.25. The molecule has 0 saturated carbocycles. The first-order valence-corrected chi connectivity index (χ1v) is 7.98. The van der Waals surface area contributed by atoms with Crippen LogP contribution in [0.2, 0.25) is 0 Å². The molecular formula is C14H13N3O3S. The van der Waals surface area contributed by atoms with E-state index in [4.69, 9.17) is 0 Å². The summed E-state index contributed by atoms with van der Waals surface area (Å²) in [5, 5.41) is 4.54. The van der Waals surface area contributed by atoms with Crippen LogP contribution in [0.4, 0.5) is 0 Å². The number of rotatable bonds is 5. The molecule has 6 nitrogen and oxygen atoms in total. The van der Waals surface area contributed by atoms with Gasteiger partial charge in [0.2, 0.25) is 10.0 Å². The molecular weight excluding hydrogens is 290 g/mol. The standard InChI is InChI=1S/C14H13N3O3S/c18-21(19,10-12-6-8-20-17-12)16-9-11-5-7-15-14-4-2-1-3-13(11)14/h1-8,16H,9-10H2. The Balaban J connectivity index is 1.77. The Morgan fingerprint density at radius 1 is 1.14 bits per heavy atom. The first-order chi connectivity index (χ1) is 10.1. The number of nitrogens with one attached hydrogen (secondary N) is 1. The van der Waals surface area contributed by atoms with E-state index < -0.39 is 10.0 Å². The van der Waals surface area contributed by atoms with Crippen LogP contribution in [-0.2, 0) is 22.3 Å². The van der Waals surface area contributed by atoms with Gasteiger partial charge in [-0.3, -0.25) is 4.98 Å². The number of aromatic nitrogens is 2. The molecule has 2 heterocycles. The van der Waals surface area contributed by atoms with E-state index in [0.717, 1.165) is 16.5 Å². The van der Waals surface area contributed by atoms with Crippen LogP contribution in [0.25, 0.3) is 10.9 Å². The molecule has 108 valence electrons. The lowest BCUT2D eigenvalue weighted by molar-refractivity contribution is 0.413. The molecule has 0 amide bonds. The zero-order valence-corrected chi connectivity index (χ0v) is 11.9. The molecule has 21 heavy (non-hydrogen) atoms. The van der Waals surface area contributed by atoms with Gasteiger partial charge in [0.05, 0.1) is 11.2 Å². The Kier molecular flexibility index (Phi) is 3.68. The summed E-state index contributed by atoms with van der Waals surface area (Å²) in [5.41, 5.74) is 2.09. The van der Waals surface area contributed by atoms with Crippen molar-refractivity contribution < 1.29 is 12.9 Å². The quantitative estimate of drug-likeness (QED) is 0.777. The predicted molar refractivity (Wildman–Crippen MR) is 77.7 cm³/mol. The fourth-order valence-corrected chi connectivity index (χ4v) is 3.07. The Morgan fingerprint density at radius 3 is 2.81 bits per heavy atom. The van der Waals surface area contributed by atoms with Crippen molar-refractivity contribution in [2.45, 2.75) is 12.3 Å². The number of fused-ring (bicyclic) bond motifs is 1. The van der Waals surface area contributed by atoms with Crippen LogP contribution in [-0.4, -0.2) is 18.6 Å². The Labute approximate surface area is 121 Å². The molecule has 1 aromatic carbocycles. The molecule has 0 aliphatic rings. The predicted octanol–water partition coefficient (Wildman–Crippen LogP) is 1.84. The summed E-state index contributed by atoms with van der Waals surface area (Å²) in [5.74, 6) is -0.202. The molecule has 3 rings (SSSR count). The molecule has 0 aliphatic heterocycles. The van der Waals surface area contributed by atoms with Crippen LogP contribution in [0.5, 0.6) is 0 Å². The summed E-state index contributed by atoms with van der Waals surface area (Å²) in [7, 11) is -3.46. The van der Waals surface area contributed by atoms with Gasteiger partial charge in [0.1, 0.15) is 12.0 Å². The summed E-state index contributed by atoms with van der Waals surface area (Å²) >= 11 is 0. The minimum atomic E-state index is -3.46. The Morgan fingerprint density at radius 2 is 2.00 bits per heavy atom. The lowest BCUT2D eigenvalue weighted by Gasteiger charge is -2.08. The zero-order valence-electron chi connectivity index (χ0n) is 11.1. The lowest BCUT2D eigenvalue weighted by Crippen LogP contribution is -2.25. The summed E-state index contributed by atoms with van der Waals surface area (Å²) in [6.07, 6.45) is 3.02. The minimum absolute atomic E-state index is 0.202. The van der Waals surface area contributed by atoms with Crippen LogP contribution in [0.3, 0.4) is 0 Å². The van der Waals surface area contributed by atoms with Crippen molar-refractivity contribution in [1.82, 2.24) is 14.9 Å². The van der Waals surface area contributed by atoms with E-state index >= 15 is 0 Å². The first kappa shape index (κ1) is 13.7. The van der Waals surface area contributed by atoms with Gasteiger partial charge >= 0.3 is 0 Å². The molecule has 0 bridgehead atoms. The second-order valence-electron chi connectivity index (χ2n) is 4.56. The molecule has 3 aromatic rings. The second-order valence-corrected chi connectivity index (χ2v) is 6.37. The molecule has 1 N–H and O–H groups in total. The number of hydrogen-bond donors (Lipinski definition) is 1. The Bertz CT molecular complexity index is 840. The molecule has 7 heteroatoms. The third kappa shape index (κ3) is 3.26. The monoisotopic (exact) mass is 303 g/mol. The van der Waals surface area contributed by atoms with E-state index in [2.05, 4.69) is 19.4 Å². The third-order valence-corrected chi connectivity index (χ3v) is 4.31. The van der Waals surface area contributed by atoms with Crippen molar-refractivity contribution in [3.05, 3.63) is 60.1 Å². The average Bonchev–Trinajstić information content (AvgIpc) is 2.97. The summed E-state index contributed by atoms with van der Waals surface area (Å²) in [6, 6.07) is 10.9. The van der Waals surface area contributed by atoms with Crippen LogP contribution < -0.4 is 4.72 Å². The van der Waals surface area contributed by atoms with Gasteiger partial charge in [-0.05, 0) is 17.7 Å². The van der Waals surface area contributed by atoms with E-state index in [9.17, 15) is 8.42 Å². The number of hydrogen-bond acceptors (Lipinski definition) is 5. The van der Waals surface area contributed by atoms with E-state index in [0.29, 0.717) is 5.69 Å². The van der Waals surface area contributed by atoms with Gasteiger partial charge in [-0.25, -0.2) is 13.1 Å². The van der Waals surface area contributed by atoms with Crippen molar-refractivity contribution in [3.8, 4) is 0 Å². The fourth-order valence-electron chi connectivity index (χ4n) is 2.05. The highest BCUT2D eigenvalue weighted by Gasteiger charge is 2.14. The van der Waals surface area contributed by atoms with E-state index in [1.165, 1.54) is 12.3 Å². The minimum Gasteiger partial charge on any atom is -0.364 e. The highest BCUT2D eigenvalue weighted by Crippen LogP contribution is 2.16. The van der Waals surface area contributed by atoms with Crippen LogP contribution >= 0.6 is 0 Å². The smallest absolute Gasteiger partial charge is 0.217 e. The van der Waals surface area contributed by atoms with Gasteiger partial charge in [0.15, 0.2) is 0 Å². The molecule has 0 spiro atoms. The second kappa shape index (κ2) is 5.63. The van der Waals surface area contributed by atoms with Gasteiger partial charge in [0.25, 0.3) is 0 Å². The summed E-state index contributed by atoms with van der Waals surface area (Å²) in [4.78, 5) is 4.25. The van der Waals surface area contributed by atoms with Crippen molar-refractivity contribution in [3.63, 3.8) is 0 Å². The van der Waals surface area contributed by atoms with E-state index in [-0.39, 0.29) is 12.3 Å². The van der Waals surface area contributed by atoms with E-state index in [1.807, 2.05) is 24.3 Å². The lowest BCUT2D eigenvalue weighted by atomic mass is 10.1. The van der Waals surface area contributed by atoms with Gasteiger partial charge < -0.3 is 4.52 Å². The highest BCUT2D eigenvalue weighted by molar-refractivity contribution is 7.88. The molecule has 0 saturated heterocycles. The van der Waals surface area contributed by atoms with Gasteiger partial charge in [0, 0.05) is 24.2 Å². The summed E-state index contributed by atoms with van der Waals surface area (Å²) in [6.45, 7) is 0.212. The van der Waals surface area contributed by atoms with Crippen molar-refractivity contribution in [2.75, 3.05) is 0 Å². The number of nitrogens with zero attached hydrogens (tertiary/aromatic N) is 2. The number of pyridine rings is 1. The van der Waals surface area contributed by atoms with Gasteiger partial charge in [-0.2, -0.15) is 0 Å². The maximum absolute atomic E-state index is 12.0. The van der Waals surface area contributed by atoms with Crippen LogP contribution in [0, 0.1) is 0 Å². The molecule has 0 atom stereocenters. The molecule has 0 fully saturated rings. The topological polar surface area (TPSA) is 85.1 Å². The van der Waals surface area contributed by atoms with Crippen molar-refractivity contribution >= 4 is 20.9 Å². The van der Waals surface area contributed by atoms with Gasteiger partial charge in [-0.1, -0.05) is 23.4 Å². The average molecular weight is 303 g/mol. The van der Waals surface area contributed by atoms with E-state index in [1.54, 1.807) is 12.3 Å². The molecule has 2 aromatic heterocycles. The number of para-hydroxylation sites is 1. The van der Waals surface area contributed by atoms with Crippen LogP contribution in [0.15, 0.2) is 53.4 Å². The molecule has 0 unspecified atom stereocenters. The maximum Gasteiger partial charge on any atom is 0.217 e. The van der Waals surface area contributed by atoms with Crippen LogP contribution in [0.1, 0.15) is 11.3 Å². The molecule has 0 aliphatic carbocycles. The summed E-state index contributed by atoms with van der Waals surface area (Å²) < 4.78 is 31.2. The highest BCUT2D eigenvalue weighted by atomic mass is 32.2. The van der Waals surface area contributed by atoms with Crippen molar-refractivity contribution in [1.29, 1.82) is 0 Å². The number of sulfonamides is 1. The normalized spacial score (nSPS) is 11.8. The fraction of sp³-hybridized carbons (Fsp3) is 0.143.